The molecule has 0 bridgehead atoms. The molecule has 1 aromatic rings. The number of benzene rings is 1. The van der Waals surface area contributed by atoms with Crippen LogP contribution in [-0.4, -0.2) is 19.8 Å². The summed E-state index contributed by atoms with van der Waals surface area (Å²) >= 11 is 6.04. The average Bonchev–Trinajstić information content (AvgIpc) is 2.29. The Labute approximate surface area is 101 Å². The monoisotopic (exact) mass is 238 g/mol. The van der Waals surface area contributed by atoms with E-state index in [0.717, 1.165) is 12.1 Å². The number of rotatable bonds is 5. The molecule has 0 aliphatic heterocycles. The fraction of sp³-hybridized carbons (Fsp3) is 0.417. The van der Waals surface area contributed by atoms with Gasteiger partial charge in [0, 0.05) is 19.8 Å². The van der Waals surface area contributed by atoms with Gasteiger partial charge in [0.1, 0.15) is 0 Å². The number of nitrogens with one attached hydrogen (secondary N) is 1. The summed E-state index contributed by atoms with van der Waals surface area (Å²) in [5.41, 5.74) is 1.42. The Bertz CT molecular complexity index is 387. The van der Waals surface area contributed by atoms with E-state index in [4.69, 9.17) is 21.6 Å². The first-order chi connectivity index (χ1) is 7.67. The first kappa shape index (κ1) is 12.8. The Balaban J connectivity index is 2.64. The van der Waals surface area contributed by atoms with E-state index < -0.39 is 0 Å². The van der Waals surface area contributed by atoms with Crippen molar-refractivity contribution in [3.05, 3.63) is 28.8 Å². The Morgan fingerprint density at radius 2 is 2.31 bits per heavy atom. The van der Waals surface area contributed by atoms with Gasteiger partial charge in [0.05, 0.1) is 22.3 Å². The standard InChI is InChI=1S/C12H15ClN2O/c1-9(5-6-16-2)15-12-4-3-10(8-14)7-11(12)13/h3-4,7,9,15H,5-6H2,1-2H3. The van der Waals surface area contributed by atoms with Gasteiger partial charge < -0.3 is 10.1 Å². The highest BCUT2D eigenvalue weighted by Crippen LogP contribution is 2.23. The van der Waals surface area contributed by atoms with Crippen molar-refractivity contribution in [3.8, 4) is 6.07 Å². The van der Waals surface area contributed by atoms with E-state index in [2.05, 4.69) is 18.3 Å². The third kappa shape index (κ3) is 3.73. The van der Waals surface area contributed by atoms with Crippen molar-refractivity contribution in [2.24, 2.45) is 0 Å². The fourth-order valence-corrected chi connectivity index (χ4v) is 1.57. The lowest BCUT2D eigenvalue weighted by Gasteiger charge is -2.15. The summed E-state index contributed by atoms with van der Waals surface area (Å²) in [7, 11) is 1.68. The Morgan fingerprint density at radius 3 is 2.88 bits per heavy atom. The summed E-state index contributed by atoms with van der Waals surface area (Å²) in [5, 5.41) is 12.6. The highest BCUT2D eigenvalue weighted by molar-refractivity contribution is 6.33. The van der Waals surface area contributed by atoms with Crippen molar-refractivity contribution in [1.82, 2.24) is 0 Å². The lowest BCUT2D eigenvalue weighted by Crippen LogP contribution is -2.17. The second-order valence-electron chi connectivity index (χ2n) is 3.63. The number of methoxy groups -OCH3 is 1. The lowest BCUT2D eigenvalue weighted by atomic mass is 10.2. The number of nitrogens with zero attached hydrogens (tertiary/aromatic N) is 1. The maximum atomic E-state index is 8.71. The normalized spacial score (nSPS) is 11.9. The molecule has 0 saturated carbocycles. The molecule has 1 atom stereocenters. The number of halogens is 1. The molecule has 0 saturated heterocycles. The van der Waals surface area contributed by atoms with Gasteiger partial charge in [-0.2, -0.15) is 5.26 Å². The number of ether oxygens (including phenoxy) is 1. The molecule has 4 heteroatoms. The van der Waals surface area contributed by atoms with Gasteiger partial charge in [-0.15, -0.1) is 0 Å². The number of anilines is 1. The van der Waals surface area contributed by atoms with E-state index in [9.17, 15) is 0 Å². The van der Waals surface area contributed by atoms with E-state index in [1.54, 1.807) is 19.2 Å². The summed E-state index contributed by atoms with van der Waals surface area (Å²) in [6, 6.07) is 7.56. The smallest absolute Gasteiger partial charge is 0.0992 e. The Kier molecular flexibility index (Phi) is 5.10. The molecule has 16 heavy (non-hydrogen) atoms. The number of hydrogen-bond acceptors (Lipinski definition) is 3. The second-order valence-corrected chi connectivity index (χ2v) is 4.04. The quantitative estimate of drug-likeness (QED) is 0.858. The highest BCUT2D eigenvalue weighted by Gasteiger charge is 2.05. The summed E-state index contributed by atoms with van der Waals surface area (Å²) < 4.78 is 5.00. The third-order valence-corrected chi connectivity index (χ3v) is 2.57. The van der Waals surface area contributed by atoms with E-state index in [1.165, 1.54) is 0 Å². The van der Waals surface area contributed by atoms with Crippen molar-refractivity contribution in [2.45, 2.75) is 19.4 Å². The van der Waals surface area contributed by atoms with Crippen LogP contribution in [0.25, 0.3) is 0 Å². The van der Waals surface area contributed by atoms with Crippen molar-refractivity contribution in [2.75, 3.05) is 19.0 Å². The van der Waals surface area contributed by atoms with E-state index >= 15 is 0 Å². The molecule has 86 valence electrons. The van der Waals surface area contributed by atoms with Crippen molar-refractivity contribution in [1.29, 1.82) is 5.26 Å². The van der Waals surface area contributed by atoms with E-state index in [-0.39, 0.29) is 6.04 Å². The predicted octanol–water partition coefficient (Wildman–Crippen LogP) is 3.05. The average molecular weight is 239 g/mol. The molecule has 1 aromatic carbocycles. The summed E-state index contributed by atoms with van der Waals surface area (Å²) in [6.45, 7) is 2.77. The summed E-state index contributed by atoms with van der Waals surface area (Å²) in [5.74, 6) is 0. The van der Waals surface area contributed by atoms with Crippen LogP contribution >= 0.6 is 11.6 Å². The van der Waals surface area contributed by atoms with Crippen LogP contribution < -0.4 is 5.32 Å². The van der Waals surface area contributed by atoms with Crippen LogP contribution in [0.2, 0.25) is 5.02 Å². The van der Waals surface area contributed by atoms with Crippen LogP contribution in [-0.2, 0) is 4.74 Å². The molecule has 0 aromatic heterocycles. The van der Waals surface area contributed by atoms with Gasteiger partial charge in [0.2, 0.25) is 0 Å². The Hall–Kier alpha value is -1.24. The topological polar surface area (TPSA) is 45.0 Å². The molecule has 1 unspecified atom stereocenters. The third-order valence-electron chi connectivity index (χ3n) is 2.26. The number of hydrogen-bond donors (Lipinski definition) is 1. The van der Waals surface area contributed by atoms with E-state index in [0.29, 0.717) is 17.2 Å². The minimum absolute atomic E-state index is 0.283. The Morgan fingerprint density at radius 1 is 1.56 bits per heavy atom. The van der Waals surface area contributed by atoms with Gasteiger partial charge in [-0.3, -0.25) is 0 Å². The molecule has 0 aliphatic rings. The fourth-order valence-electron chi connectivity index (χ4n) is 1.33. The van der Waals surface area contributed by atoms with Crippen LogP contribution in [0.1, 0.15) is 18.9 Å². The molecule has 3 nitrogen and oxygen atoms in total. The molecule has 0 radical (unpaired) electrons. The van der Waals surface area contributed by atoms with Crippen LogP contribution in [0.15, 0.2) is 18.2 Å². The summed E-state index contributed by atoms with van der Waals surface area (Å²) in [4.78, 5) is 0. The zero-order chi connectivity index (χ0) is 12.0. The van der Waals surface area contributed by atoms with Gasteiger partial charge in [-0.1, -0.05) is 11.6 Å². The molecular formula is C12H15ClN2O. The first-order valence-corrected chi connectivity index (χ1v) is 5.50. The van der Waals surface area contributed by atoms with Crippen LogP contribution in [0.5, 0.6) is 0 Å². The van der Waals surface area contributed by atoms with Crippen LogP contribution in [0.3, 0.4) is 0 Å². The molecule has 1 N–H and O–H groups in total. The minimum Gasteiger partial charge on any atom is -0.385 e. The zero-order valence-electron chi connectivity index (χ0n) is 9.46. The van der Waals surface area contributed by atoms with Gasteiger partial charge in [-0.25, -0.2) is 0 Å². The molecule has 0 aliphatic carbocycles. The zero-order valence-corrected chi connectivity index (χ0v) is 10.2. The van der Waals surface area contributed by atoms with Crippen molar-refractivity contribution >= 4 is 17.3 Å². The minimum atomic E-state index is 0.283. The van der Waals surface area contributed by atoms with Crippen molar-refractivity contribution in [3.63, 3.8) is 0 Å². The maximum absolute atomic E-state index is 8.71. The largest absolute Gasteiger partial charge is 0.385 e. The summed E-state index contributed by atoms with van der Waals surface area (Å²) in [6.07, 6.45) is 0.910. The highest BCUT2D eigenvalue weighted by atomic mass is 35.5. The molecule has 0 amide bonds. The number of nitriles is 1. The predicted molar refractivity (Wildman–Crippen MR) is 65.7 cm³/mol. The molecule has 0 heterocycles. The maximum Gasteiger partial charge on any atom is 0.0992 e. The molecule has 0 spiro atoms. The molecule has 1 rings (SSSR count). The van der Waals surface area contributed by atoms with Gasteiger partial charge in [0.25, 0.3) is 0 Å². The molecular weight excluding hydrogens is 224 g/mol. The van der Waals surface area contributed by atoms with Crippen LogP contribution in [0.4, 0.5) is 5.69 Å². The SMILES string of the molecule is COCCC(C)Nc1ccc(C#N)cc1Cl. The van der Waals surface area contributed by atoms with Crippen LogP contribution in [0, 0.1) is 11.3 Å². The van der Waals surface area contributed by atoms with Gasteiger partial charge >= 0.3 is 0 Å². The van der Waals surface area contributed by atoms with Gasteiger partial charge in [0.15, 0.2) is 0 Å². The van der Waals surface area contributed by atoms with Crippen molar-refractivity contribution < 1.29 is 4.74 Å². The van der Waals surface area contributed by atoms with Gasteiger partial charge in [-0.05, 0) is 31.5 Å². The van der Waals surface area contributed by atoms with E-state index in [1.807, 2.05) is 6.07 Å². The first-order valence-electron chi connectivity index (χ1n) is 5.12. The second kappa shape index (κ2) is 6.37. The molecule has 0 fully saturated rings. The lowest BCUT2D eigenvalue weighted by molar-refractivity contribution is 0.191.